The minimum Gasteiger partial charge on any atom is -0.480 e. The Labute approximate surface area is 98.3 Å². The molecule has 1 unspecified atom stereocenters. The summed E-state index contributed by atoms with van der Waals surface area (Å²) in [5.41, 5.74) is 0. The first-order valence-corrected chi connectivity index (χ1v) is 6.36. The number of carbonyl (C=O) groups is 1. The van der Waals surface area contributed by atoms with Crippen molar-refractivity contribution >= 4 is 16.0 Å². The molecule has 1 atom stereocenters. The van der Waals surface area contributed by atoms with Crippen LogP contribution in [0, 0.1) is 5.82 Å². The van der Waals surface area contributed by atoms with Gasteiger partial charge in [-0.15, -0.1) is 0 Å². The molecule has 0 saturated carbocycles. The van der Waals surface area contributed by atoms with Gasteiger partial charge in [0.05, 0.1) is 4.90 Å². The molecule has 17 heavy (non-hydrogen) atoms. The molecule has 0 radical (unpaired) electrons. The van der Waals surface area contributed by atoms with Crippen LogP contribution in [0.5, 0.6) is 0 Å². The number of rotatable bonds is 5. The van der Waals surface area contributed by atoms with E-state index < -0.39 is 27.9 Å². The Balaban J connectivity index is 3.00. The average Bonchev–Trinajstić information content (AvgIpc) is 2.25. The van der Waals surface area contributed by atoms with E-state index in [4.69, 9.17) is 5.11 Å². The Hall–Kier alpha value is -1.47. The molecule has 0 aliphatic heterocycles. The van der Waals surface area contributed by atoms with Gasteiger partial charge in [-0.1, -0.05) is 13.0 Å². The normalized spacial score (nSPS) is 13.3. The second kappa shape index (κ2) is 5.24. The average molecular weight is 261 g/mol. The van der Waals surface area contributed by atoms with Crippen molar-refractivity contribution in [2.75, 3.05) is 0 Å². The van der Waals surface area contributed by atoms with Crippen molar-refractivity contribution in [1.82, 2.24) is 4.72 Å². The maximum Gasteiger partial charge on any atom is 0.321 e. The highest BCUT2D eigenvalue weighted by molar-refractivity contribution is 7.89. The fourth-order valence-electron chi connectivity index (χ4n) is 1.20. The number of carboxylic acids is 1. The van der Waals surface area contributed by atoms with Gasteiger partial charge in [0, 0.05) is 0 Å². The summed E-state index contributed by atoms with van der Waals surface area (Å²) in [6.07, 6.45) is 0.101. The van der Waals surface area contributed by atoms with Gasteiger partial charge in [-0.2, -0.15) is 4.72 Å². The van der Waals surface area contributed by atoms with Crippen LogP contribution in [-0.4, -0.2) is 25.5 Å². The highest BCUT2D eigenvalue weighted by atomic mass is 32.2. The summed E-state index contributed by atoms with van der Waals surface area (Å²) in [7, 11) is -4.01. The molecular weight excluding hydrogens is 249 g/mol. The van der Waals surface area contributed by atoms with Crippen LogP contribution in [0.1, 0.15) is 13.3 Å². The molecule has 0 saturated heterocycles. The zero-order valence-corrected chi connectivity index (χ0v) is 9.87. The van der Waals surface area contributed by atoms with Crippen LogP contribution in [0.3, 0.4) is 0 Å². The van der Waals surface area contributed by atoms with Crippen LogP contribution in [-0.2, 0) is 14.8 Å². The van der Waals surface area contributed by atoms with E-state index in [0.717, 1.165) is 12.1 Å². The lowest BCUT2D eigenvalue weighted by Crippen LogP contribution is -2.40. The summed E-state index contributed by atoms with van der Waals surface area (Å²) >= 11 is 0. The molecule has 0 bridgehead atoms. The van der Waals surface area contributed by atoms with Gasteiger partial charge in [0.25, 0.3) is 0 Å². The Bertz CT molecular complexity index is 515. The van der Waals surface area contributed by atoms with Crippen molar-refractivity contribution in [2.24, 2.45) is 0 Å². The Morgan fingerprint density at radius 2 is 2.18 bits per heavy atom. The molecule has 2 N–H and O–H groups in total. The van der Waals surface area contributed by atoms with Gasteiger partial charge in [0.1, 0.15) is 11.9 Å². The Morgan fingerprint density at radius 1 is 1.53 bits per heavy atom. The van der Waals surface area contributed by atoms with Crippen molar-refractivity contribution in [3.8, 4) is 0 Å². The molecule has 5 nitrogen and oxygen atoms in total. The molecule has 1 rings (SSSR count). The predicted octanol–water partition coefficient (Wildman–Crippen LogP) is 0.967. The van der Waals surface area contributed by atoms with E-state index in [-0.39, 0.29) is 11.3 Å². The molecule has 1 aromatic carbocycles. The largest absolute Gasteiger partial charge is 0.480 e. The fourth-order valence-corrected chi connectivity index (χ4v) is 2.50. The molecular formula is C10H12FNO4S. The first-order chi connectivity index (χ1) is 7.86. The molecule has 0 aliphatic carbocycles. The third kappa shape index (κ3) is 3.50. The van der Waals surface area contributed by atoms with Crippen LogP contribution in [0.2, 0.25) is 0 Å². The van der Waals surface area contributed by atoms with E-state index in [2.05, 4.69) is 0 Å². The van der Waals surface area contributed by atoms with E-state index in [1.165, 1.54) is 19.1 Å². The van der Waals surface area contributed by atoms with E-state index in [9.17, 15) is 17.6 Å². The number of benzene rings is 1. The fraction of sp³-hybridized carbons (Fsp3) is 0.300. The number of sulfonamides is 1. The van der Waals surface area contributed by atoms with Gasteiger partial charge in [-0.25, -0.2) is 12.8 Å². The van der Waals surface area contributed by atoms with Crippen LogP contribution >= 0.6 is 0 Å². The summed E-state index contributed by atoms with van der Waals surface area (Å²) < 4.78 is 38.3. The summed E-state index contributed by atoms with van der Waals surface area (Å²) in [6, 6.07) is 3.15. The van der Waals surface area contributed by atoms with Crippen LogP contribution < -0.4 is 4.72 Å². The molecule has 0 aromatic heterocycles. The molecule has 94 valence electrons. The summed E-state index contributed by atoms with van der Waals surface area (Å²) in [5.74, 6) is -1.97. The van der Waals surface area contributed by atoms with E-state index in [0.29, 0.717) is 0 Å². The predicted molar refractivity (Wildman–Crippen MR) is 58.4 cm³/mol. The van der Waals surface area contributed by atoms with E-state index >= 15 is 0 Å². The number of hydrogen-bond donors (Lipinski definition) is 2. The molecule has 0 fully saturated rings. The highest BCUT2D eigenvalue weighted by Gasteiger charge is 2.23. The summed E-state index contributed by atoms with van der Waals surface area (Å²) in [5, 5.41) is 8.74. The molecule has 0 spiro atoms. The third-order valence-electron chi connectivity index (χ3n) is 2.11. The third-order valence-corrected chi connectivity index (χ3v) is 3.58. The van der Waals surface area contributed by atoms with Gasteiger partial charge in [-0.3, -0.25) is 4.79 Å². The summed E-state index contributed by atoms with van der Waals surface area (Å²) in [4.78, 5) is 10.4. The van der Waals surface area contributed by atoms with Gasteiger partial charge >= 0.3 is 5.97 Å². The SMILES string of the molecule is CCC(NS(=O)(=O)c1cccc(F)c1)C(=O)O. The van der Waals surface area contributed by atoms with Crippen molar-refractivity contribution in [1.29, 1.82) is 0 Å². The van der Waals surface area contributed by atoms with Gasteiger partial charge in [-0.05, 0) is 24.6 Å². The lowest BCUT2D eigenvalue weighted by molar-refractivity contribution is -0.139. The number of aliphatic carboxylic acids is 1. The van der Waals surface area contributed by atoms with Crippen molar-refractivity contribution in [3.63, 3.8) is 0 Å². The first kappa shape index (κ1) is 13.6. The topological polar surface area (TPSA) is 83.5 Å². The second-order valence-corrected chi connectivity index (χ2v) is 5.09. The Kier molecular flexibility index (Phi) is 4.19. The van der Waals surface area contributed by atoms with Crippen LogP contribution in [0.25, 0.3) is 0 Å². The quantitative estimate of drug-likeness (QED) is 0.827. The van der Waals surface area contributed by atoms with Crippen molar-refractivity contribution < 1.29 is 22.7 Å². The number of halogens is 1. The lowest BCUT2D eigenvalue weighted by atomic mass is 10.2. The zero-order valence-electron chi connectivity index (χ0n) is 9.05. The minimum absolute atomic E-state index is 0.101. The minimum atomic E-state index is -4.01. The number of nitrogens with one attached hydrogen (secondary N) is 1. The van der Waals surface area contributed by atoms with Gasteiger partial charge in [0.2, 0.25) is 10.0 Å². The smallest absolute Gasteiger partial charge is 0.321 e. The molecule has 7 heteroatoms. The van der Waals surface area contributed by atoms with Crippen LogP contribution in [0.15, 0.2) is 29.2 Å². The first-order valence-electron chi connectivity index (χ1n) is 4.87. The monoisotopic (exact) mass is 261 g/mol. The van der Waals surface area contributed by atoms with Crippen molar-refractivity contribution in [3.05, 3.63) is 30.1 Å². The highest BCUT2D eigenvalue weighted by Crippen LogP contribution is 2.11. The molecule has 1 aromatic rings. The maximum absolute atomic E-state index is 12.9. The lowest BCUT2D eigenvalue weighted by Gasteiger charge is -2.12. The number of carboxylic acid groups (broad SMARTS) is 1. The van der Waals surface area contributed by atoms with Crippen molar-refractivity contribution in [2.45, 2.75) is 24.3 Å². The van der Waals surface area contributed by atoms with E-state index in [1.54, 1.807) is 0 Å². The zero-order chi connectivity index (χ0) is 13.1. The molecule has 0 aliphatic rings. The molecule has 0 heterocycles. The van der Waals surface area contributed by atoms with E-state index in [1.807, 2.05) is 4.72 Å². The summed E-state index contributed by atoms with van der Waals surface area (Å²) in [6.45, 7) is 1.53. The Morgan fingerprint density at radius 3 is 2.65 bits per heavy atom. The number of hydrogen-bond acceptors (Lipinski definition) is 3. The van der Waals surface area contributed by atoms with Crippen LogP contribution in [0.4, 0.5) is 4.39 Å². The van der Waals surface area contributed by atoms with Gasteiger partial charge in [0.15, 0.2) is 0 Å². The van der Waals surface area contributed by atoms with Gasteiger partial charge < -0.3 is 5.11 Å². The maximum atomic E-state index is 12.9. The standard InChI is InChI=1S/C10H12FNO4S/c1-2-9(10(13)14)12-17(15,16)8-5-3-4-7(11)6-8/h3-6,9,12H,2H2,1H3,(H,13,14). The molecule has 0 amide bonds. The second-order valence-electron chi connectivity index (χ2n) is 3.38.